The van der Waals surface area contributed by atoms with Gasteiger partial charge in [0, 0.05) is 27.2 Å². The average molecular weight is 508 g/mol. The predicted octanol–water partition coefficient (Wildman–Crippen LogP) is 3.11. The molecule has 1 aromatic carbocycles. The van der Waals surface area contributed by atoms with Crippen molar-refractivity contribution in [2.24, 2.45) is 4.99 Å². The zero-order chi connectivity index (χ0) is 19.4. The number of allylic oxidation sites excluding steroid dienone is 1. The minimum absolute atomic E-state index is 0. The molecule has 0 aliphatic heterocycles. The van der Waals surface area contributed by atoms with Crippen LogP contribution in [0.3, 0.4) is 0 Å². The van der Waals surface area contributed by atoms with Crippen LogP contribution in [0.5, 0.6) is 0 Å². The third-order valence-electron chi connectivity index (χ3n) is 4.08. The van der Waals surface area contributed by atoms with Crippen molar-refractivity contribution in [3.8, 4) is 0 Å². The molecule has 0 unspecified atom stereocenters. The largest absolute Gasteiger partial charge is 0.352 e. The summed E-state index contributed by atoms with van der Waals surface area (Å²) < 4.78 is 25.7. The third-order valence-corrected chi connectivity index (χ3v) is 5.42. The maximum Gasteiger partial charge on any atom is 0.215 e. The number of nitrogens with zero attached hydrogens (tertiary/aromatic N) is 2. The van der Waals surface area contributed by atoms with E-state index >= 15 is 0 Å². The molecule has 0 heterocycles. The molecular formula is C19H33IN4O2S. The molecule has 0 saturated heterocycles. The molecule has 0 radical (unpaired) electrons. The van der Waals surface area contributed by atoms with Crippen molar-refractivity contribution in [3.05, 3.63) is 48.0 Å². The SMILES string of the molecule is C=CCCCCCN(C)C(=NC)NCc1cccc(CS(=O)(=O)NC)c1.I. The van der Waals surface area contributed by atoms with Gasteiger partial charge in [0.15, 0.2) is 5.96 Å². The lowest BCUT2D eigenvalue weighted by Gasteiger charge is -2.22. The van der Waals surface area contributed by atoms with Crippen molar-refractivity contribution in [1.29, 1.82) is 0 Å². The summed E-state index contributed by atoms with van der Waals surface area (Å²) in [6.45, 7) is 5.28. The molecule has 6 nitrogen and oxygen atoms in total. The first-order valence-electron chi connectivity index (χ1n) is 8.93. The normalized spacial score (nSPS) is 11.6. The van der Waals surface area contributed by atoms with Crippen LogP contribution >= 0.6 is 24.0 Å². The number of guanidine groups is 1. The third kappa shape index (κ3) is 10.7. The van der Waals surface area contributed by atoms with Crippen LogP contribution in [0.1, 0.15) is 36.8 Å². The molecule has 0 bridgehead atoms. The standard InChI is InChI=1S/C19H32N4O2S.HI/c1-5-6-7-8-9-13-23(4)19(20-2)22-15-17-11-10-12-18(14-17)16-26(24,25)21-3;/h5,10-12,14,21H,1,6-9,13,15-16H2,2-4H3,(H,20,22);1H. The Hall–Kier alpha value is -1.13. The highest BCUT2D eigenvalue weighted by Gasteiger charge is 2.09. The van der Waals surface area contributed by atoms with E-state index in [-0.39, 0.29) is 29.7 Å². The lowest BCUT2D eigenvalue weighted by Crippen LogP contribution is -2.39. The van der Waals surface area contributed by atoms with Crippen LogP contribution in [-0.2, 0) is 22.3 Å². The van der Waals surface area contributed by atoms with E-state index in [9.17, 15) is 8.42 Å². The number of aliphatic imine (C=N–C) groups is 1. The van der Waals surface area contributed by atoms with Crippen molar-refractivity contribution in [1.82, 2.24) is 14.9 Å². The summed E-state index contributed by atoms with van der Waals surface area (Å²) in [6.07, 6.45) is 6.49. The van der Waals surface area contributed by atoms with Gasteiger partial charge in [-0.2, -0.15) is 0 Å². The average Bonchev–Trinajstić information content (AvgIpc) is 2.62. The Labute approximate surface area is 181 Å². The number of nitrogens with one attached hydrogen (secondary N) is 2. The van der Waals surface area contributed by atoms with E-state index in [4.69, 9.17) is 0 Å². The summed E-state index contributed by atoms with van der Waals surface area (Å²) in [6, 6.07) is 7.59. The van der Waals surface area contributed by atoms with Crippen molar-refractivity contribution >= 4 is 40.0 Å². The highest BCUT2D eigenvalue weighted by Crippen LogP contribution is 2.09. The fourth-order valence-corrected chi connectivity index (χ4v) is 3.37. The topological polar surface area (TPSA) is 73.8 Å². The zero-order valence-corrected chi connectivity index (χ0v) is 19.7. The molecule has 1 aromatic rings. The van der Waals surface area contributed by atoms with Crippen LogP contribution in [0.25, 0.3) is 0 Å². The molecule has 0 aliphatic rings. The number of hydrogen-bond acceptors (Lipinski definition) is 3. The Bertz CT molecular complexity index is 693. The Morgan fingerprint density at radius 2 is 1.96 bits per heavy atom. The van der Waals surface area contributed by atoms with Crippen molar-refractivity contribution in [2.75, 3.05) is 27.7 Å². The Morgan fingerprint density at radius 3 is 2.59 bits per heavy atom. The molecule has 27 heavy (non-hydrogen) atoms. The van der Waals surface area contributed by atoms with E-state index in [1.54, 1.807) is 7.05 Å². The van der Waals surface area contributed by atoms with Crippen molar-refractivity contribution in [3.63, 3.8) is 0 Å². The van der Waals surface area contributed by atoms with E-state index in [1.807, 2.05) is 37.4 Å². The van der Waals surface area contributed by atoms with Crippen LogP contribution in [-0.4, -0.2) is 47.0 Å². The molecule has 0 aliphatic carbocycles. The maximum atomic E-state index is 11.7. The second kappa shape index (κ2) is 14.0. The molecule has 1 rings (SSSR count). The first-order chi connectivity index (χ1) is 12.4. The van der Waals surface area contributed by atoms with Gasteiger partial charge in [-0.15, -0.1) is 30.6 Å². The van der Waals surface area contributed by atoms with Crippen LogP contribution in [0.2, 0.25) is 0 Å². The summed E-state index contributed by atoms with van der Waals surface area (Å²) in [5, 5.41) is 3.34. The van der Waals surface area contributed by atoms with E-state index in [0.717, 1.165) is 36.5 Å². The molecule has 2 N–H and O–H groups in total. The summed E-state index contributed by atoms with van der Waals surface area (Å²) in [5.41, 5.74) is 1.79. The molecule has 0 saturated carbocycles. The van der Waals surface area contributed by atoms with Gasteiger partial charge in [-0.25, -0.2) is 13.1 Å². The Balaban J connectivity index is 0.00000676. The fraction of sp³-hybridized carbons (Fsp3) is 0.526. The number of unbranched alkanes of at least 4 members (excludes halogenated alkanes) is 3. The summed E-state index contributed by atoms with van der Waals surface area (Å²) in [7, 11) is 1.96. The van der Waals surface area contributed by atoms with E-state index < -0.39 is 10.0 Å². The van der Waals surface area contributed by atoms with Gasteiger partial charge in [-0.3, -0.25) is 4.99 Å². The number of hydrogen-bond donors (Lipinski definition) is 2. The molecule has 0 aromatic heterocycles. The van der Waals surface area contributed by atoms with Crippen LogP contribution < -0.4 is 10.0 Å². The summed E-state index contributed by atoms with van der Waals surface area (Å²) >= 11 is 0. The summed E-state index contributed by atoms with van der Waals surface area (Å²) in [5.74, 6) is 0.818. The highest BCUT2D eigenvalue weighted by molar-refractivity contribution is 14.0. The van der Waals surface area contributed by atoms with Gasteiger partial charge in [0.25, 0.3) is 0 Å². The van der Waals surface area contributed by atoms with Gasteiger partial charge in [-0.05, 0) is 37.4 Å². The minimum atomic E-state index is -3.26. The maximum absolute atomic E-state index is 11.7. The van der Waals surface area contributed by atoms with Gasteiger partial charge in [-0.1, -0.05) is 36.8 Å². The molecule has 0 atom stereocenters. The quantitative estimate of drug-likeness (QED) is 0.158. The molecule has 0 fully saturated rings. The van der Waals surface area contributed by atoms with Crippen molar-refractivity contribution < 1.29 is 8.42 Å². The van der Waals surface area contributed by atoms with Crippen LogP contribution in [0.4, 0.5) is 0 Å². The Kier molecular flexibility index (Phi) is 13.4. The first-order valence-corrected chi connectivity index (χ1v) is 10.6. The molecule has 0 amide bonds. The number of benzene rings is 1. The predicted molar refractivity (Wildman–Crippen MR) is 125 cm³/mol. The van der Waals surface area contributed by atoms with E-state index in [2.05, 4.69) is 26.5 Å². The molecule has 154 valence electrons. The number of halogens is 1. The molecule has 0 spiro atoms. The van der Waals surface area contributed by atoms with Crippen LogP contribution in [0, 0.1) is 0 Å². The second-order valence-corrected chi connectivity index (χ2v) is 8.17. The lowest BCUT2D eigenvalue weighted by atomic mass is 10.1. The first kappa shape index (κ1) is 25.9. The minimum Gasteiger partial charge on any atom is -0.352 e. The fourth-order valence-electron chi connectivity index (χ4n) is 2.61. The van der Waals surface area contributed by atoms with Gasteiger partial charge in [0.1, 0.15) is 0 Å². The van der Waals surface area contributed by atoms with Gasteiger partial charge >= 0.3 is 0 Å². The van der Waals surface area contributed by atoms with Gasteiger partial charge in [0.05, 0.1) is 5.75 Å². The summed E-state index contributed by atoms with van der Waals surface area (Å²) in [4.78, 5) is 6.44. The smallest absolute Gasteiger partial charge is 0.215 e. The monoisotopic (exact) mass is 508 g/mol. The van der Waals surface area contributed by atoms with Crippen LogP contribution in [0.15, 0.2) is 41.9 Å². The molecular weight excluding hydrogens is 475 g/mol. The number of sulfonamides is 1. The van der Waals surface area contributed by atoms with Gasteiger partial charge < -0.3 is 10.2 Å². The van der Waals surface area contributed by atoms with Crippen molar-refractivity contribution in [2.45, 2.75) is 38.0 Å². The molecule has 8 heteroatoms. The Morgan fingerprint density at radius 1 is 1.26 bits per heavy atom. The zero-order valence-electron chi connectivity index (χ0n) is 16.6. The van der Waals surface area contributed by atoms with E-state index in [1.165, 1.54) is 19.9 Å². The second-order valence-electron chi connectivity index (χ2n) is 6.24. The van der Waals surface area contributed by atoms with E-state index in [0.29, 0.717) is 6.54 Å². The van der Waals surface area contributed by atoms with Gasteiger partial charge in [0.2, 0.25) is 10.0 Å². The number of rotatable bonds is 11. The lowest BCUT2D eigenvalue weighted by molar-refractivity contribution is 0.455. The highest BCUT2D eigenvalue weighted by atomic mass is 127.